The van der Waals surface area contributed by atoms with Gasteiger partial charge in [0.2, 0.25) is 0 Å². The van der Waals surface area contributed by atoms with Gasteiger partial charge < -0.3 is 10.0 Å². The topological polar surface area (TPSA) is 36.4 Å². The van der Waals surface area contributed by atoms with Gasteiger partial charge in [-0.25, -0.2) is 0 Å². The molecule has 0 unspecified atom stereocenters. The first-order chi connectivity index (χ1) is 7.83. The van der Waals surface area contributed by atoms with Gasteiger partial charge in [-0.1, -0.05) is 0 Å². The van der Waals surface area contributed by atoms with E-state index in [0.29, 0.717) is 16.9 Å². The Labute approximate surface area is 97.9 Å². The lowest BCUT2D eigenvalue weighted by atomic mass is 10.2. The molecule has 1 rings (SSSR count). The number of aryl methyl sites for hydroxylation is 1. The lowest BCUT2D eigenvalue weighted by Gasteiger charge is -2.22. The zero-order chi connectivity index (χ0) is 13.1. The van der Waals surface area contributed by atoms with E-state index < -0.39 is 12.6 Å². The standard InChI is InChI=1S/C11H15F3N2O/c1-8-5-10(9(7-17)6-15-8)16(2)4-3-11(12,13)14/h5-6,17H,3-4,7H2,1-2H3. The molecule has 0 fully saturated rings. The molecule has 0 aliphatic carbocycles. The fraction of sp³-hybridized carbons (Fsp3) is 0.545. The highest BCUT2D eigenvalue weighted by Gasteiger charge is 2.27. The van der Waals surface area contributed by atoms with Crippen molar-refractivity contribution >= 4 is 5.69 Å². The highest BCUT2D eigenvalue weighted by molar-refractivity contribution is 5.52. The molecule has 0 aliphatic heterocycles. The van der Waals surface area contributed by atoms with Crippen LogP contribution in [0, 0.1) is 6.92 Å². The first kappa shape index (κ1) is 13.8. The number of rotatable bonds is 4. The molecule has 0 aromatic carbocycles. The van der Waals surface area contributed by atoms with Crippen LogP contribution < -0.4 is 4.90 Å². The molecule has 0 bridgehead atoms. The molecule has 1 N–H and O–H groups in total. The number of hydrogen-bond acceptors (Lipinski definition) is 3. The van der Waals surface area contributed by atoms with Gasteiger partial charge in [-0.2, -0.15) is 13.2 Å². The van der Waals surface area contributed by atoms with E-state index in [2.05, 4.69) is 4.98 Å². The van der Waals surface area contributed by atoms with E-state index in [-0.39, 0.29) is 13.2 Å². The predicted molar refractivity (Wildman–Crippen MR) is 58.8 cm³/mol. The van der Waals surface area contributed by atoms with E-state index in [1.807, 2.05) is 0 Å². The number of aromatic nitrogens is 1. The lowest BCUT2D eigenvalue weighted by molar-refractivity contribution is -0.132. The molecular formula is C11H15F3N2O. The molecule has 1 aromatic rings. The molecule has 0 saturated heterocycles. The molecular weight excluding hydrogens is 233 g/mol. The molecule has 96 valence electrons. The second-order valence-corrected chi connectivity index (χ2v) is 3.90. The third-order valence-corrected chi connectivity index (χ3v) is 2.41. The van der Waals surface area contributed by atoms with Gasteiger partial charge in [0.15, 0.2) is 0 Å². The van der Waals surface area contributed by atoms with Gasteiger partial charge in [-0.3, -0.25) is 4.98 Å². The maximum atomic E-state index is 12.1. The van der Waals surface area contributed by atoms with Crippen molar-refractivity contribution in [1.82, 2.24) is 4.98 Å². The number of pyridine rings is 1. The summed E-state index contributed by atoms with van der Waals surface area (Å²) < 4.78 is 36.3. The van der Waals surface area contributed by atoms with Crippen LogP contribution in [0.3, 0.4) is 0 Å². The van der Waals surface area contributed by atoms with Gasteiger partial charge in [0, 0.05) is 36.7 Å². The molecule has 0 radical (unpaired) electrons. The molecule has 0 saturated carbocycles. The van der Waals surface area contributed by atoms with Crippen LogP contribution in [-0.2, 0) is 6.61 Å². The summed E-state index contributed by atoms with van der Waals surface area (Å²) in [7, 11) is 1.57. The normalized spacial score (nSPS) is 11.6. The van der Waals surface area contributed by atoms with Crippen molar-refractivity contribution in [2.24, 2.45) is 0 Å². The minimum Gasteiger partial charge on any atom is -0.392 e. The summed E-state index contributed by atoms with van der Waals surface area (Å²) in [6.45, 7) is 1.38. The molecule has 0 atom stereocenters. The molecule has 17 heavy (non-hydrogen) atoms. The summed E-state index contributed by atoms with van der Waals surface area (Å²) in [5.74, 6) is 0. The van der Waals surface area contributed by atoms with Crippen LogP contribution in [0.2, 0.25) is 0 Å². The van der Waals surface area contributed by atoms with Crippen LogP contribution in [0.25, 0.3) is 0 Å². The first-order valence-corrected chi connectivity index (χ1v) is 5.18. The Bertz CT molecular complexity index is 379. The Kier molecular flexibility index (Phi) is 4.34. The number of alkyl halides is 3. The van der Waals surface area contributed by atoms with Crippen LogP contribution in [-0.4, -0.2) is 29.9 Å². The van der Waals surface area contributed by atoms with E-state index in [0.717, 1.165) is 0 Å². The maximum absolute atomic E-state index is 12.1. The van der Waals surface area contributed by atoms with Crippen LogP contribution in [0.1, 0.15) is 17.7 Å². The lowest BCUT2D eigenvalue weighted by Crippen LogP contribution is -2.25. The van der Waals surface area contributed by atoms with Crippen LogP contribution in [0.15, 0.2) is 12.3 Å². The Balaban J connectivity index is 2.80. The fourth-order valence-corrected chi connectivity index (χ4v) is 1.47. The summed E-state index contributed by atoms with van der Waals surface area (Å²) in [5.41, 5.74) is 1.82. The Morgan fingerprint density at radius 1 is 1.41 bits per heavy atom. The average molecular weight is 248 g/mol. The van der Waals surface area contributed by atoms with E-state index in [1.165, 1.54) is 11.1 Å². The van der Waals surface area contributed by atoms with Crippen molar-refractivity contribution in [2.75, 3.05) is 18.5 Å². The first-order valence-electron chi connectivity index (χ1n) is 5.18. The number of aliphatic hydroxyl groups is 1. The van der Waals surface area contributed by atoms with Crippen molar-refractivity contribution < 1.29 is 18.3 Å². The van der Waals surface area contributed by atoms with Crippen molar-refractivity contribution in [3.8, 4) is 0 Å². The van der Waals surface area contributed by atoms with Crippen molar-refractivity contribution in [3.63, 3.8) is 0 Å². The highest BCUT2D eigenvalue weighted by Crippen LogP contribution is 2.24. The van der Waals surface area contributed by atoms with Gasteiger partial charge in [0.25, 0.3) is 0 Å². The molecule has 0 amide bonds. The summed E-state index contributed by atoms with van der Waals surface area (Å²) in [6.07, 6.45) is -3.57. The van der Waals surface area contributed by atoms with Gasteiger partial charge in [-0.15, -0.1) is 0 Å². The number of aliphatic hydroxyl groups excluding tert-OH is 1. The average Bonchev–Trinajstić information content (AvgIpc) is 2.25. The molecule has 6 heteroatoms. The highest BCUT2D eigenvalue weighted by atomic mass is 19.4. The summed E-state index contributed by atoms with van der Waals surface area (Å²) in [6, 6.07) is 1.67. The minimum absolute atomic E-state index is 0.139. The fourth-order valence-electron chi connectivity index (χ4n) is 1.47. The predicted octanol–water partition coefficient (Wildman–Crippen LogP) is 2.27. The Morgan fingerprint density at radius 3 is 2.59 bits per heavy atom. The van der Waals surface area contributed by atoms with Crippen LogP contribution in [0.5, 0.6) is 0 Å². The Morgan fingerprint density at radius 2 is 2.06 bits per heavy atom. The van der Waals surface area contributed by atoms with E-state index in [1.54, 1.807) is 20.0 Å². The van der Waals surface area contributed by atoms with E-state index in [9.17, 15) is 13.2 Å². The van der Waals surface area contributed by atoms with Crippen molar-refractivity contribution in [2.45, 2.75) is 26.1 Å². The second-order valence-electron chi connectivity index (χ2n) is 3.90. The van der Waals surface area contributed by atoms with Crippen LogP contribution >= 0.6 is 0 Å². The van der Waals surface area contributed by atoms with Gasteiger partial charge in [0.05, 0.1) is 13.0 Å². The zero-order valence-corrected chi connectivity index (χ0v) is 9.75. The molecule has 0 spiro atoms. The largest absolute Gasteiger partial charge is 0.392 e. The molecule has 0 aliphatic rings. The third-order valence-electron chi connectivity index (χ3n) is 2.41. The number of halogens is 3. The molecule has 3 nitrogen and oxygen atoms in total. The van der Waals surface area contributed by atoms with E-state index >= 15 is 0 Å². The van der Waals surface area contributed by atoms with Gasteiger partial charge in [0.1, 0.15) is 0 Å². The van der Waals surface area contributed by atoms with Gasteiger partial charge >= 0.3 is 6.18 Å². The number of anilines is 1. The quantitative estimate of drug-likeness (QED) is 0.888. The second kappa shape index (κ2) is 5.35. The van der Waals surface area contributed by atoms with Crippen molar-refractivity contribution in [3.05, 3.63) is 23.5 Å². The maximum Gasteiger partial charge on any atom is 0.390 e. The zero-order valence-electron chi connectivity index (χ0n) is 9.75. The Hall–Kier alpha value is -1.30. The van der Waals surface area contributed by atoms with Gasteiger partial charge in [-0.05, 0) is 13.0 Å². The summed E-state index contributed by atoms with van der Waals surface area (Å²) in [5, 5.41) is 9.10. The molecule has 1 heterocycles. The third kappa shape index (κ3) is 4.22. The monoisotopic (exact) mass is 248 g/mol. The molecule has 1 aromatic heterocycles. The SMILES string of the molecule is Cc1cc(N(C)CCC(F)(F)F)c(CO)cn1. The number of hydrogen-bond donors (Lipinski definition) is 1. The summed E-state index contributed by atoms with van der Waals surface area (Å²) >= 11 is 0. The summed E-state index contributed by atoms with van der Waals surface area (Å²) in [4.78, 5) is 5.47. The van der Waals surface area contributed by atoms with Crippen LogP contribution in [0.4, 0.5) is 18.9 Å². The van der Waals surface area contributed by atoms with E-state index in [4.69, 9.17) is 5.11 Å². The van der Waals surface area contributed by atoms with Crippen molar-refractivity contribution in [1.29, 1.82) is 0 Å². The minimum atomic E-state index is -4.17. The smallest absolute Gasteiger partial charge is 0.390 e. The number of nitrogens with zero attached hydrogens (tertiary/aromatic N) is 2.